The van der Waals surface area contributed by atoms with Gasteiger partial charge >= 0.3 is 0 Å². The molecule has 0 fully saturated rings. The Hall–Kier alpha value is -1.83. The van der Waals surface area contributed by atoms with Crippen molar-refractivity contribution in [3.05, 3.63) is 51.7 Å². The van der Waals surface area contributed by atoms with Crippen LogP contribution in [0.1, 0.15) is 25.6 Å². The van der Waals surface area contributed by atoms with Gasteiger partial charge in [0, 0.05) is 16.5 Å². The average molecular weight is 295 g/mol. The van der Waals surface area contributed by atoms with Crippen LogP contribution in [-0.4, -0.2) is 20.5 Å². The van der Waals surface area contributed by atoms with E-state index in [1.807, 2.05) is 0 Å². The highest BCUT2D eigenvalue weighted by Gasteiger charge is 2.16. The fourth-order valence-corrected chi connectivity index (χ4v) is 3.21. The molecule has 1 aromatic carbocycles. The highest BCUT2D eigenvalue weighted by molar-refractivity contribution is 7.89. The lowest BCUT2D eigenvalue weighted by Gasteiger charge is -1.98. The molecule has 0 bridgehead atoms. The van der Waals surface area contributed by atoms with Gasteiger partial charge < -0.3 is 0 Å². The molecule has 2 rings (SSSR count). The van der Waals surface area contributed by atoms with Crippen LogP contribution in [0.4, 0.5) is 0 Å². The summed E-state index contributed by atoms with van der Waals surface area (Å²) in [6.45, 7) is 0. The van der Waals surface area contributed by atoms with Crippen LogP contribution >= 0.6 is 11.3 Å². The van der Waals surface area contributed by atoms with E-state index in [1.54, 1.807) is 0 Å². The minimum atomic E-state index is -3.80. The topological polar surface area (TPSA) is 94.3 Å². The van der Waals surface area contributed by atoms with Gasteiger partial charge in [-0.1, -0.05) is 24.3 Å². The van der Waals surface area contributed by atoms with E-state index in [9.17, 15) is 18.0 Å². The fraction of sp³-hybridized carbons (Fsp3) is 0. The Balaban J connectivity index is 2.33. The summed E-state index contributed by atoms with van der Waals surface area (Å²) in [5.41, 5.74) is 0.848. The maximum atomic E-state index is 12.1. The molecule has 1 aromatic heterocycles. The van der Waals surface area contributed by atoms with Crippen LogP contribution in [0.5, 0.6) is 0 Å². The van der Waals surface area contributed by atoms with Crippen molar-refractivity contribution in [2.45, 2.75) is 4.90 Å². The molecule has 0 aliphatic rings. The standard InChI is InChI=1S/C12H9NO4S2/c13-19(16,17)10-5-11(18-7-10)12(15)9-3-1-8(6-14)2-4-9/h1-7H,(H2,13,16,17). The third kappa shape index (κ3) is 2.95. The second kappa shape index (κ2) is 5.04. The number of rotatable bonds is 4. The summed E-state index contributed by atoms with van der Waals surface area (Å²) in [6.07, 6.45) is 0.679. The molecular formula is C12H9NO4S2. The van der Waals surface area contributed by atoms with Crippen molar-refractivity contribution in [2.75, 3.05) is 0 Å². The Kier molecular flexibility index (Phi) is 3.61. The summed E-state index contributed by atoms with van der Waals surface area (Å²) in [4.78, 5) is 22.8. The number of sulfonamides is 1. The molecule has 0 atom stereocenters. The Morgan fingerprint density at radius 2 is 1.84 bits per heavy atom. The van der Waals surface area contributed by atoms with Crippen molar-refractivity contribution in [1.29, 1.82) is 0 Å². The third-order valence-corrected chi connectivity index (χ3v) is 4.41. The molecule has 0 spiro atoms. The molecule has 19 heavy (non-hydrogen) atoms. The number of aldehydes is 1. The number of nitrogens with two attached hydrogens (primary N) is 1. The molecule has 0 radical (unpaired) electrons. The van der Waals surface area contributed by atoms with Gasteiger partial charge in [-0.05, 0) is 6.07 Å². The largest absolute Gasteiger partial charge is 0.298 e. The van der Waals surface area contributed by atoms with Crippen molar-refractivity contribution in [1.82, 2.24) is 0 Å². The maximum absolute atomic E-state index is 12.1. The van der Waals surface area contributed by atoms with E-state index in [0.717, 1.165) is 11.3 Å². The van der Waals surface area contributed by atoms with E-state index < -0.39 is 10.0 Å². The second-order valence-electron chi connectivity index (χ2n) is 3.76. The molecule has 5 nitrogen and oxygen atoms in total. The molecular weight excluding hydrogens is 286 g/mol. The Labute approximate surface area is 113 Å². The third-order valence-electron chi connectivity index (χ3n) is 2.44. The lowest BCUT2D eigenvalue weighted by molar-refractivity contribution is 0.104. The first-order chi connectivity index (χ1) is 8.91. The van der Waals surface area contributed by atoms with Gasteiger partial charge in [-0.2, -0.15) is 0 Å². The quantitative estimate of drug-likeness (QED) is 0.682. The second-order valence-corrected chi connectivity index (χ2v) is 6.23. The summed E-state index contributed by atoms with van der Waals surface area (Å²) in [6, 6.07) is 7.32. The van der Waals surface area contributed by atoms with E-state index in [-0.39, 0.29) is 15.6 Å². The Morgan fingerprint density at radius 1 is 1.21 bits per heavy atom. The Bertz CT molecular complexity index is 729. The molecule has 2 N–H and O–H groups in total. The zero-order chi connectivity index (χ0) is 14.0. The van der Waals surface area contributed by atoms with Crippen LogP contribution in [-0.2, 0) is 10.0 Å². The smallest absolute Gasteiger partial charge is 0.238 e. The van der Waals surface area contributed by atoms with Gasteiger partial charge in [0.25, 0.3) is 0 Å². The van der Waals surface area contributed by atoms with Crippen LogP contribution in [0.25, 0.3) is 0 Å². The lowest BCUT2D eigenvalue weighted by atomic mass is 10.1. The van der Waals surface area contributed by atoms with Gasteiger partial charge in [0.15, 0.2) is 0 Å². The number of ketones is 1. The summed E-state index contributed by atoms with van der Waals surface area (Å²) < 4.78 is 22.2. The van der Waals surface area contributed by atoms with Crippen molar-refractivity contribution >= 4 is 33.4 Å². The monoisotopic (exact) mass is 295 g/mol. The van der Waals surface area contributed by atoms with E-state index in [0.29, 0.717) is 17.4 Å². The van der Waals surface area contributed by atoms with E-state index in [2.05, 4.69) is 0 Å². The van der Waals surface area contributed by atoms with Gasteiger partial charge in [-0.15, -0.1) is 11.3 Å². The van der Waals surface area contributed by atoms with Gasteiger partial charge in [-0.3, -0.25) is 9.59 Å². The maximum Gasteiger partial charge on any atom is 0.238 e. The first kappa shape index (κ1) is 13.6. The van der Waals surface area contributed by atoms with Crippen molar-refractivity contribution in [2.24, 2.45) is 5.14 Å². The summed E-state index contributed by atoms with van der Waals surface area (Å²) >= 11 is 1.01. The molecule has 0 amide bonds. The number of carbonyl (C=O) groups is 2. The zero-order valence-corrected chi connectivity index (χ0v) is 11.2. The minimum absolute atomic E-state index is 0.0784. The number of primary sulfonamides is 1. The van der Waals surface area contributed by atoms with Crippen LogP contribution < -0.4 is 5.14 Å². The predicted octanol–water partition coefficient (Wildman–Crippen LogP) is 1.44. The summed E-state index contributed by atoms with van der Waals surface area (Å²) in [7, 11) is -3.80. The molecule has 0 saturated carbocycles. The molecule has 98 valence electrons. The van der Waals surface area contributed by atoms with Gasteiger partial charge in [-0.25, -0.2) is 13.6 Å². The number of hydrogen-bond acceptors (Lipinski definition) is 5. The number of benzene rings is 1. The van der Waals surface area contributed by atoms with Gasteiger partial charge in [0.2, 0.25) is 15.8 Å². The van der Waals surface area contributed by atoms with Crippen molar-refractivity contribution in [3.8, 4) is 0 Å². The average Bonchev–Trinajstić information content (AvgIpc) is 2.87. The van der Waals surface area contributed by atoms with Crippen LogP contribution in [0, 0.1) is 0 Å². The normalized spacial score (nSPS) is 11.2. The summed E-state index contributed by atoms with van der Waals surface area (Å²) in [5.74, 6) is -0.308. The fourth-order valence-electron chi connectivity index (χ4n) is 1.44. The van der Waals surface area contributed by atoms with Gasteiger partial charge in [0.1, 0.15) is 6.29 Å². The van der Waals surface area contributed by atoms with Gasteiger partial charge in [0.05, 0.1) is 9.77 Å². The van der Waals surface area contributed by atoms with Crippen LogP contribution in [0.15, 0.2) is 40.6 Å². The molecule has 0 saturated heterocycles. The SMILES string of the molecule is NS(=O)(=O)c1csc(C(=O)c2ccc(C=O)cc2)c1. The molecule has 0 unspecified atom stereocenters. The molecule has 2 aromatic rings. The van der Waals surface area contributed by atoms with E-state index in [1.165, 1.54) is 35.7 Å². The Morgan fingerprint density at radius 3 is 2.32 bits per heavy atom. The number of thiophene rings is 1. The number of hydrogen-bond donors (Lipinski definition) is 1. The highest BCUT2D eigenvalue weighted by Crippen LogP contribution is 2.21. The first-order valence-electron chi connectivity index (χ1n) is 5.13. The molecule has 0 aliphatic heterocycles. The first-order valence-corrected chi connectivity index (χ1v) is 7.55. The zero-order valence-electron chi connectivity index (χ0n) is 9.57. The molecule has 0 aliphatic carbocycles. The van der Waals surface area contributed by atoms with Crippen LogP contribution in [0.3, 0.4) is 0 Å². The lowest BCUT2D eigenvalue weighted by Crippen LogP contribution is -2.11. The summed E-state index contributed by atoms with van der Waals surface area (Å²) in [5, 5.41) is 6.30. The minimum Gasteiger partial charge on any atom is -0.298 e. The van der Waals surface area contributed by atoms with E-state index >= 15 is 0 Å². The molecule has 1 heterocycles. The van der Waals surface area contributed by atoms with Crippen LogP contribution in [0.2, 0.25) is 0 Å². The van der Waals surface area contributed by atoms with E-state index in [4.69, 9.17) is 5.14 Å². The molecule has 7 heteroatoms. The highest BCUT2D eigenvalue weighted by atomic mass is 32.2. The number of carbonyl (C=O) groups excluding carboxylic acids is 2. The predicted molar refractivity (Wildman–Crippen MR) is 71.0 cm³/mol. The van der Waals surface area contributed by atoms with Crippen molar-refractivity contribution < 1.29 is 18.0 Å². The van der Waals surface area contributed by atoms with Crippen molar-refractivity contribution in [3.63, 3.8) is 0 Å².